The minimum Gasteiger partial charge on any atom is -0.390 e. The van der Waals surface area contributed by atoms with Crippen molar-refractivity contribution in [1.29, 1.82) is 0 Å². The molecule has 0 saturated carbocycles. The normalized spacial score (nSPS) is 16.6. The van der Waals surface area contributed by atoms with E-state index in [1.54, 1.807) is 11.3 Å². The predicted molar refractivity (Wildman–Crippen MR) is 83.4 cm³/mol. The molecule has 0 unspecified atom stereocenters. The first kappa shape index (κ1) is 14.0. The summed E-state index contributed by atoms with van der Waals surface area (Å²) in [4.78, 5) is 2.26. The second-order valence-electron chi connectivity index (χ2n) is 5.46. The fourth-order valence-corrected chi connectivity index (χ4v) is 3.36. The Morgan fingerprint density at radius 2 is 2.05 bits per heavy atom. The Hall–Kier alpha value is -0.940. The molecule has 1 aliphatic rings. The van der Waals surface area contributed by atoms with Crippen molar-refractivity contribution >= 4 is 22.1 Å². The van der Waals surface area contributed by atoms with Crippen molar-refractivity contribution in [1.82, 2.24) is 4.90 Å². The summed E-state index contributed by atoms with van der Waals surface area (Å²) < 4.78 is 5.69. The maximum Gasteiger partial charge on any atom is 0.0793 e. The molecule has 1 aromatic heterocycles. The lowest BCUT2D eigenvalue weighted by molar-refractivity contribution is -0.00305. The minimum absolute atomic E-state index is 0.0945. The maximum absolute atomic E-state index is 9.17. The molecule has 20 heavy (non-hydrogen) atoms. The van der Waals surface area contributed by atoms with Crippen LogP contribution in [0, 0.1) is 0 Å². The molecular weight excluding hydrogens is 270 g/mol. The van der Waals surface area contributed by atoms with Gasteiger partial charge in [-0.1, -0.05) is 18.2 Å². The Morgan fingerprint density at radius 3 is 2.90 bits per heavy atom. The molecule has 2 aromatic rings. The second kappa shape index (κ2) is 6.68. The van der Waals surface area contributed by atoms with Crippen LogP contribution < -0.4 is 0 Å². The van der Waals surface area contributed by atoms with Crippen LogP contribution in [-0.4, -0.2) is 49.0 Å². The number of hydrogen-bond acceptors (Lipinski definition) is 4. The topological polar surface area (TPSA) is 32.7 Å². The molecule has 0 aliphatic carbocycles. The zero-order chi connectivity index (χ0) is 13.8. The number of fused-ring (bicyclic) bond motifs is 1. The highest BCUT2D eigenvalue weighted by molar-refractivity contribution is 7.09. The molecule has 1 N–H and O–H groups in total. The van der Waals surface area contributed by atoms with Gasteiger partial charge in [0, 0.05) is 26.2 Å². The second-order valence-corrected chi connectivity index (χ2v) is 6.21. The highest BCUT2D eigenvalue weighted by atomic mass is 32.1. The van der Waals surface area contributed by atoms with Gasteiger partial charge in [0.15, 0.2) is 0 Å². The summed E-state index contributed by atoms with van der Waals surface area (Å²) in [6.45, 7) is 4.31. The summed E-state index contributed by atoms with van der Waals surface area (Å²) in [7, 11) is 0. The van der Waals surface area contributed by atoms with E-state index in [0.717, 1.165) is 45.7 Å². The van der Waals surface area contributed by atoms with Gasteiger partial charge in [0.25, 0.3) is 0 Å². The number of thiophene rings is 1. The van der Waals surface area contributed by atoms with Crippen LogP contribution in [0.4, 0.5) is 0 Å². The maximum atomic E-state index is 9.17. The van der Waals surface area contributed by atoms with Crippen LogP contribution in [0.1, 0.15) is 12.0 Å². The van der Waals surface area contributed by atoms with Gasteiger partial charge in [0.1, 0.15) is 0 Å². The van der Waals surface area contributed by atoms with Gasteiger partial charge in [-0.05, 0) is 39.9 Å². The quantitative estimate of drug-likeness (QED) is 0.796. The Morgan fingerprint density at radius 1 is 1.20 bits per heavy atom. The Kier molecular flexibility index (Phi) is 4.68. The third-order valence-electron chi connectivity index (χ3n) is 3.78. The van der Waals surface area contributed by atoms with Gasteiger partial charge in [-0.25, -0.2) is 0 Å². The summed E-state index contributed by atoms with van der Waals surface area (Å²) >= 11 is 1.75. The average Bonchev–Trinajstić information content (AvgIpc) is 2.87. The molecule has 0 spiro atoms. The average molecular weight is 291 g/mol. The molecular formula is C16H21NO2S. The zero-order valence-corrected chi connectivity index (χ0v) is 12.4. The van der Waals surface area contributed by atoms with E-state index in [9.17, 15) is 5.11 Å². The molecule has 2 heterocycles. The monoisotopic (exact) mass is 291 g/mol. The Labute approximate surface area is 123 Å². The number of nitrogens with zero attached hydrogens (tertiary/aromatic N) is 1. The molecule has 1 aliphatic heterocycles. The summed E-state index contributed by atoms with van der Waals surface area (Å²) in [6, 6.07) is 6.65. The zero-order valence-electron chi connectivity index (χ0n) is 11.6. The molecule has 1 saturated heterocycles. The van der Waals surface area contributed by atoms with Gasteiger partial charge in [0.05, 0.1) is 12.7 Å². The van der Waals surface area contributed by atoms with Gasteiger partial charge >= 0.3 is 0 Å². The number of aliphatic hydroxyl groups excluding tert-OH is 1. The van der Waals surface area contributed by atoms with Crippen LogP contribution in [0.5, 0.6) is 0 Å². The summed E-state index contributed by atoms with van der Waals surface area (Å²) in [5, 5.41) is 16.2. The lowest BCUT2D eigenvalue weighted by Gasteiger charge is -2.35. The molecule has 1 aromatic carbocycles. The number of ether oxygens (including phenoxy) is 1. The van der Waals surface area contributed by atoms with Crippen molar-refractivity contribution in [3.63, 3.8) is 0 Å². The molecule has 108 valence electrons. The van der Waals surface area contributed by atoms with E-state index in [0.29, 0.717) is 0 Å². The molecule has 0 radical (unpaired) electrons. The largest absolute Gasteiger partial charge is 0.390 e. The van der Waals surface area contributed by atoms with Crippen molar-refractivity contribution in [3.8, 4) is 0 Å². The first-order valence-corrected chi connectivity index (χ1v) is 8.18. The van der Waals surface area contributed by atoms with Gasteiger partial charge in [0.2, 0.25) is 0 Å². The first-order chi connectivity index (χ1) is 9.81. The smallest absolute Gasteiger partial charge is 0.0793 e. The van der Waals surface area contributed by atoms with E-state index >= 15 is 0 Å². The van der Waals surface area contributed by atoms with E-state index in [1.165, 1.54) is 16.3 Å². The first-order valence-electron chi connectivity index (χ1n) is 7.24. The number of likely N-dealkylation sites (tertiary alicyclic amines) is 1. The van der Waals surface area contributed by atoms with Crippen LogP contribution in [0.25, 0.3) is 10.8 Å². The Balaban J connectivity index is 1.31. The van der Waals surface area contributed by atoms with E-state index in [1.807, 2.05) is 0 Å². The number of benzene rings is 1. The lowest BCUT2D eigenvalue weighted by atomic mass is 10.1. The number of β-amino-alcohol motifs (C(OH)–C–C–N with tert-alkyl or cyclic N) is 1. The number of rotatable bonds is 7. The van der Waals surface area contributed by atoms with Crippen LogP contribution in [0.3, 0.4) is 0 Å². The van der Waals surface area contributed by atoms with Crippen molar-refractivity contribution in [2.45, 2.75) is 18.9 Å². The highest BCUT2D eigenvalue weighted by Crippen LogP contribution is 2.20. The highest BCUT2D eigenvalue weighted by Gasteiger charge is 2.22. The molecule has 3 rings (SSSR count). The molecule has 0 amide bonds. The Bertz CT molecular complexity index is 548. The predicted octanol–water partition coefficient (Wildman–Crippen LogP) is 2.53. The van der Waals surface area contributed by atoms with Gasteiger partial charge in [-0.15, -0.1) is 0 Å². The summed E-state index contributed by atoms with van der Waals surface area (Å²) in [6.07, 6.45) is 1.94. The van der Waals surface area contributed by atoms with Gasteiger partial charge < -0.3 is 9.84 Å². The van der Waals surface area contributed by atoms with E-state index in [-0.39, 0.29) is 6.10 Å². The van der Waals surface area contributed by atoms with Crippen molar-refractivity contribution in [3.05, 3.63) is 34.5 Å². The van der Waals surface area contributed by atoms with Crippen molar-refractivity contribution < 1.29 is 9.84 Å². The van der Waals surface area contributed by atoms with Crippen LogP contribution in [-0.2, 0) is 11.2 Å². The van der Waals surface area contributed by atoms with Crippen LogP contribution in [0.2, 0.25) is 0 Å². The van der Waals surface area contributed by atoms with Crippen molar-refractivity contribution in [2.75, 3.05) is 32.8 Å². The van der Waals surface area contributed by atoms with Crippen molar-refractivity contribution in [2.24, 2.45) is 0 Å². The molecule has 3 nitrogen and oxygen atoms in total. The van der Waals surface area contributed by atoms with E-state index in [4.69, 9.17) is 4.74 Å². The van der Waals surface area contributed by atoms with Gasteiger partial charge in [-0.3, -0.25) is 4.90 Å². The molecule has 4 heteroatoms. The minimum atomic E-state index is -0.0945. The summed E-state index contributed by atoms with van der Waals surface area (Å²) in [5.74, 6) is 0. The number of aliphatic hydroxyl groups is 1. The lowest BCUT2D eigenvalue weighted by Crippen LogP contribution is -2.50. The standard InChI is InChI=1S/C16H21NO2S/c18-16-9-17(10-16)5-1-6-19-7-4-13-2-3-14-11-20-12-15(14)8-13/h2-3,8,11-12,16,18H,1,4-7,9-10H2. The fourth-order valence-electron chi connectivity index (χ4n) is 2.58. The van der Waals surface area contributed by atoms with Crippen LogP contribution >= 0.6 is 11.3 Å². The molecule has 0 bridgehead atoms. The number of hydrogen-bond donors (Lipinski definition) is 1. The molecule has 0 atom stereocenters. The third kappa shape index (κ3) is 3.58. The van der Waals surface area contributed by atoms with Gasteiger partial charge in [-0.2, -0.15) is 11.3 Å². The van der Waals surface area contributed by atoms with Crippen LogP contribution in [0.15, 0.2) is 29.0 Å². The van der Waals surface area contributed by atoms with E-state index < -0.39 is 0 Å². The molecule has 1 fully saturated rings. The van der Waals surface area contributed by atoms with E-state index in [2.05, 4.69) is 33.9 Å². The third-order valence-corrected chi connectivity index (χ3v) is 4.56. The summed E-state index contributed by atoms with van der Waals surface area (Å²) in [5.41, 5.74) is 1.35. The SMILES string of the molecule is OC1CN(CCCOCCc2ccc3cscc3c2)C1. The fraction of sp³-hybridized carbons (Fsp3) is 0.500.